The number of benzene rings is 1. The molecule has 2 fully saturated rings. The number of hydrogen-bond acceptors (Lipinski definition) is 2. The Hall–Kier alpha value is -2.04. The molecule has 2 amide bonds. The fraction of sp³-hybridized carbons (Fsp3) is 0.500. The first kappa shape index (κ1) is 15.8. The van der Waals surface area contributed by atoms with Gasteiger partial charge in [-0.05, 0) is 43.0 Å². The van der Waals surface area contributed by atoms with Gasteiger partial charge < -0.3 is 15.1 Å². The number of hydrogen-bond donors (Lipinski definition) is 1. The van der Waals surface area contributed by atoms with Crippen molar-refractivity contribution in [1.82, 2.24) is 10.2 Å². The lowest BCUT2D eigenvalue weighted by atomic mass is 10.1. The average Bonchev–Trinajstić information content (AvgIpc) is 3.09. The van der Waals surface area contributed by atoms with E-state index in [1.165, 1.54) is 37.8 Å². The third-order valence-electron chi connectivity index (χ3n) is 4.73. The zero-order valence-electron chi connectivity index (χ0n) is 13.4. The third kappa shape index (κ3) is 4.24. The van der Waals surface area contributed by atoms with E-state index in [2.05, 4.69) is 16.3 Å². The topological polar surface area (TPSA) is 35.6 Å². The van der Waals surface area contributed by atoms with Gasteiger partial charge >= 0.3 is 6.03 Å². The SMILES string of the molecule is O=C(N/C=C/C1CCCC1)N1CCN(c2ccc(F)cc2)CC1. The molecule has 1 aromatic carbocycles. The van der Waals surface area contributed by atoms with Gasteiger partial charge in [-0.3, -0.25) is 0 Å². The lowest BCUT2D eigenvalue weighted by Gasteiger charge is -2.35. The van der Waals surface area contributed by atoms with Crippen molar-refractivity contribution in [2.24, 2.45) is 5.92 Å². The summed E-state index contributed by atoms with van der Waals surface area (Å²) < 4.78 is 13.0. The van der Waals surface area contributed by atoms with E-state index in [1.54, 1.807) is 12.1 Å². The highest BCUT2D eigenvalue weighted by atomic mass is 19.1. The van der Waals surface area contributed by atoms with Crippen LogP contribution >= 0.6 is 0 Å². The number of piperazine rings is 1. The van der Waals surface area contributed by atoms with Gasteiger partial charge in [-0.15, -0.1) is 0 Å². The minimum atomic E-state index is -0.221. The average molecular weight is 317 g/mol. The molecule has 0 bridgehead atoms. The molecule has 4 nitrogen and oxygen atoms in total. The molecule has 1 aliphatic heterocycles. The summed E-state index contributed by atoms with van der Waals surface area (Å²) in [6.45, 7) is 2.90. The van der Waals surface area contributed by atoms with E-state index in [4.69, 9.17) is 0 Å². The number of allylic oxidation sites excluding steroid dienone is 1. The van der Waals surface area contributed by atoms with Crippen molar-refractivity contribution in [3.05, 3.63) is 42.4 Å². The molecule has 23 heavy (non-hydrogen) atoms. The molecular formula is C18H24FN3O. The molecule has 5 heteroatoms. The van der Waals surface area contributed by atoms with E-state index in [9.17, 15) is 9.18 Å². The maximum atomic E-state index is 13.0. The maximum Gasteiger partial charge on any atom is 0.321 e. The van der Waals surface area contributed by atoms with Crippen LogP contribution in [0.25, 0.3) is 0 Å². The monoisotopic (exact) mass is 317 g/mol. The number of nitrogens with zero attached hydrogens (tertiary/aromatic N) is 2. The highest BCUT2D eigenvalue weighted by molar-refractivity contribution is 5.75. The van der Waals surface area contributed by atoms with Crippen LogP contribution in [-0.4, -0.2) is 37.1 Å². The van der Waals surface area contributed by atoms with Crippen LogP contribution in [-0.2, 0) is 0 Å². The summed E-state index contributed by atoms with van der Waals surface area (Å²) in [5.41, 5.74) is 1.01. The van der Waals surface area contributed by atoms with Crippen LogP contribution in [0.2, 0.25) is 0 Å². The first-order chi connectivity index (χ1) is 11.2. The summed E-state index contributed by atoms with van der Waals surface area (Å²) in [5.74, 6) is 0.409. The van der Waals surface area contributed by atoms with Gasteiger partial charge in [-0.1, -0.05) is 18.9 Å². The molecule has 1 aromatic rings. The van der Waals surface area contributed by atoms with Gasteiger partial charge in [0.15, 0.2) is 0 Å². The zero-order valence-corrected chi connectivity index (χ0v) is 13.4. The number of nitrogens with one attached hydrogen (secondary N) is 1. The van der Waals surface area contributed by atoms with Crippen molar-refractivity contribution in [3.63, 3.8) is 0 Å². The predicted molar refractivity (Wildman–Crippen MR) is 89.8 cm³/mol. The Morgan fingerprint density at radius 1 is 1.09 bits per heavy atom. The minimum absolute atomic E-state index is 0.0296. The molecule has 0 unspecified atom stereocenters. The quantitative estimate of drug-likeness (QED) is 0.928. The fourth-order valence-corrected chi connectivity index (χ4v) is 3.32. The van der Waals surface area contributed by atoms with Crippen molar-refractivity contribution in [2.75, 3.05) is 31.1 Å². The van der Waals surface area contributed by atoms with Gasteiger partial charge in [-0.25, -0.2) is 9.18 Å². The van der Waals surface area contributed by atoms with Crippen LogP contribution < -0.4 is 10.2 Å². The molecule has 0 spiro atoms. The Balaban J connectivity index is 1.44. The van der Waals surface area contributed by atoms with Crippen LogP contribution in [0.5, 0.6) is 0 Å². The Kier molecular flexibility index (Phi) is 5.16. The van der Waals surface area contributed by atoms with E-state index in [1.807, 2.05) is 11.1 Å². The predicted octanol–water partition coefficient (Wildman–Crippen LogP) is 3.36. The number of carbonyl (C=O) groups is 1. The number of anilines is 1. The highest BCUT2D eigenvalue weighted by Crippen LogP contribution is 2.25. The van der Waals surface area contributed by atoms with Gasteiger partial charge in [0.2, 0.25) is 0 Å². The van der Waals surface area contributed by atoms with Crippen molar-refractivity contribution in [1.29, 1.82) is 0 Å². The van der Waals surface area contributed by atoms with Crippen LogP contribution in [0.3, 0.4) is 0 Å². The molecule has 0 atom stereocenters. The summed E-state index contributed by atoms with van der Waals surface area (Å²) in [7, 11) is 0. The molecule has 1 N–H and O–H groups in total. The second kappa shape index (κ2) is 7.49. The van der Waals surface area contributed by atoms with Crippen LogP contribution in [0.4, 0.5) is 14.9 Å². The van der Waals surface area contributed by atoms with Crippen molar-refractivity contribution in [3.8, 4) is 0 Å². The second-order valence-corrected chi connectivity index (χ2v) is 6.30. The van der Waals surface area contributed by atoms with E-state index in [0.29, 0.717) is 19.0 Å². The molecule has 3 rings (SSSR count). The van der Waals surface area contributed by atoms with Crippen LogP contribution in [0.1, 0.15) is 25.7 Å². The molecule has 1 heterocycles. The molecule has 1 aliphatic carbocycles. The number of halogens is 1. The third-order valence-corrected chi connectivity index (χ3v) is 4.73. The van der Waals surface area contributed by atoms with E-state index in [-0.39, 0.29) is 11.8 Å². The van der Waals surface area contributed by atoms with E-state index in [0.717, 1.165) is 18.8 Å². The van der Waals surface area contributed by atoms with Gasteiger partial charge in [-0.2, -0.15) is 0 Å². The second-order valence-electron chi connectivity index (χ2n) is 6.30. The largest absolute Gasteiger partial charge is 0.368 e. The standard InChI is InChI=1S/C18H24FN3O/c19-16-5-7-17(8-6-16)21-11-13-22(14-12-21)18(23)20-10-9-15-3-1-2-4-15/h5-10,15H,1-4,11-14H2,(H,20,23)/b10-9+. The summed E-state index contributed by atoms with van der Waals surface area (Å²) in [6.07, 6.45) is 9.01. The number of urea groups is 1. The molecular weight excluding hydrogens is 293 g/mol. The highest BCUT2D eigenvalue weighted by Gasteiger charge is 2.20. The number of rotatable bonds is 3. The normalized spacial score (nSPS) is 19.5. The van der Waals surface area contributed by atoms with E-state index >= 15 is 0 Å². The first-order valence-corrected chi connectivity index (χ1v) is 8.45. The number of carbonyl (C=O) groups excluding carboxylic acids is 1. The first-order valence-electron chi connectivity index (χ1n) is 8.45. The Morgan fingerprint density at radius 2 is 1.74 bits per heavy atom. The van der Waals surface area contributed by atoms with Crippen LogP contribution in [0.15, 0.2) is 36.5 Å². The van der Waals surface area contributed by atoms with Gasteiger partial charge in [0.25, 0.3) is 0 Å². The van der Waals surface area contributed by atoms with Gasteiger partial charge in [0.05, 0.1) is 0 Å². The Labute approximate surface area is 137 Å². The van der Waals surface area contributed by atoms with Crippen molar-refractivity contribution < 1.29 is 9.18 Å². The molecule has 2 aliphatic rings. The lowest BCUT2D eigenvalue weighted by Crippen LogP contribution is -2.51. The molecule has 124 valence electrons. The minimum Gasteiger partial charge on any atom is -0.368 e. The lowest BCUT2D eigenvalue weighted by molar-refractivity contribution is 0.198. The zero-order chi connectivity index (χ0) is 16.1. The van der Waals surface area contributed by atoms with Crippen LogP contribution in [0, 0.1) is 11.7 Å². The van der Waals surface area contributed by atoms with Crippen molar-refractivity contribution >= 4 is 11.7 Å². The Morgan fingerprint density at radius 3 is 2.39 bits per heavy atom. The molecule has 1 saturated heterocycles. The maximum absolute atomic E-state index is 13.0. The summed E-state index contributed by atoms with van der Waals surface area (Å²) in [5, 5.41) is 2.88. The molecule has 0 radical (unpaired) electrons. The smallest absolute Gasteiger partial charge is 0.321 e. The van der Waals surface area contributed by atoms with Crippen molar-refractivity contribution in [2.45, 2.75) is 25.7 Å². The number of amides is 2. The molecule has 1 saturated carbocycles. The summed E-state index contributed by atoms with van der Waals surface area (Å²) in [6, 6.07) is 6.49. The Bertz CT molecular complexity index is 544. The fourth-order valence-electron chi connectivity index (χ4n) is 3.32. The summed E-state index contributed by atoms with van der Waals surface area (Å²) in [4.78, 5) is 16.2. The van der Waals surface area contributed by atoms with E-state index < -0.39 is 0 Å². The molecule has 0 aromatic heterocycles. The van der Waals surface area contributed by atoms with Gasteiger partial charge in [0, 0.05) is 38.1 Å². The summed E-state index contributed by atoms with van der Waals surface area (Å²) >= 11 is 0. The van der Waals surface area contributed by atoms with Gasteiger partial charge in [0.1, 0.15) is 5.82 Å².